The second-order valence-corrected chi connectivity index (χ2v) is 7.65. The summed E-state index contributed by atoms with van der Waals surface area (Å²) in [6, 6.07) is 18.4. The third-order valence-electron chi connectivity index (χ3n) is 5.48. The van der Waals surface area contributed by atoms with Crippen molar-refractivity contribution < 1.29 is 4.74 Å². The SMILES string of the molecule is COc1cccc(NC(=NCCCN2CCC(Cc3ccccc3)CC2)NC#N)c1. The average Bonchev–Trinajstić information content (AvgIpc) is 2.79. The predicted molar refractivity (Wildman–Crippen MR) is 122 cm³/mol. The zero-order valence-electron chi connectivity index (χ0n) is 17.7. The molecule has 3 rings (SSSR count). The maximum Gasteiger partial charge on any atom is 0.209 e. The first-order valence-corrected chi connectivity index (χ1v) is 10.6. The van der Waals surface area contributed by atoms with Crippen molar-refractivity contribution in [2.75, 3.05) is 38.6 Å². The Labute approximate surface area is 179 Å². The van der Waals surface area contributed by atoms with Gasteiger partial charge in [0.25, 0.3) is 0 Å². The molecule has 0 amide bonds. The van der Waals surface area contributed by atoms with Crippen molar-refractivity contribution in [2.24, 2.45) is 10.9 Å². The van der Waals surface area contributed by atoms with Crippen LogP contribution in [0.15, 0.2) is 59.6 Å². The smallest absolute Gasteiger partial charge is 0.209 e. The number of ether oxygens (including phenoxy) is 1. The summed E-state index contributed by atoms with van der Waals surface area (Å²) in [4.78, 5) is 7.06. The van der Waals surface area contributed by atoms with Crippen molar-refractivity contribution in [1.82, 2.24) is 10.2 Å². The van der Waals surface area contributed by atoms with Crippen LogP contribution in [0.3, 0.4) is 0 Å². The van der Waals surface area contributed by atoms with E-state index in [1.807, 2.05) is 30.5 Å². The first kappa shape index (κ1) is 21.7. The molecule has 30 heavy (non-hydrogen) atoms. The largest absolute Gasteiger partial charge is 0.497 e. The van der Waals surface area contributed by atoms with Crippen LogP contribution in [0.2, 0.25) is 0 Å². The van der Waals surface area contributed by atoms with Crippen molar-refractivity contribution in [3.05, 3.63) is 60.2 Å². The average molecular weight is 406 g/mol. The summed E-state index contributed by atoms with van der Waals surface area (Å²) in [5.41, 5.74) is 2.28. The fraction of sp³-hybridized carbons (Fsp3) is 0.417. The Kier molecular flexibility index (Phi) is 8.55. The highest BCUT2D eigenvalue weighted by atomic mass is 16.5. The number of nitriles is 1. The van der Waals surface area contributed by atoms with Crippen molar-refractivity contribution in [1.29, 1.82) is 5.26 Å². The van der Waals surface area contributed by atoms with Crippen molar-refractivity contribution in [3.8, 4) is 11.9 Å². The summed E-state index contributed by atoms with van der Waals surface area (Å²) in [7, 11) is 1.63. The van der Waals surface area contributed by atoms with E-state index in [4.69, 9.17) is 10.00 Å². The van der Waals surface area contributed by atoms with Crippen LogP contribution in [0.25, 0.3) is 0 Å². The van der Waals surface area contributed by atoms with E-state index in [1.165, 1.54) is 24.8 Å². The lowest BCUT2D eigenvalue weighted by Crippen LogP contribution is -2.35. The predicted octanol–water partition coefficient (Wildman–Crippen LogP) is 3.88. The van der Waals surface area contributed by atoms with Crippen LogP contribution in [0.5, 0.6) is 5.75 Å². The van der Waals surface area contributed by atoms with E-state index in [0.29, 0.717) is 12.5 Å². The molecule has 0 atom stereocenters. The van der Waals surface area contributed by atoms with Gasteiger partial charge in [0.1, 0.15) is 5.75 Å². The van der Waals surface area contributed by atoms with Crippen molar-refractivity contribution in [3.63, 3.8) is 0 Å². The van der Waals surface area contributed by atoms with E-state index in [2.05, 4.69) is 50.9 Å². The molecule has 1 aliphatic heterocycles. The maximum atomic E-state index is 8.99. The second-order valence-electron chi connectivity index (χ2n) is 7.65. The van der Waals surface area contributed by atoms with E-state index in [-0.39, 0.29) is 0 Å². The zero-order valence-corrected chi connectivity index (χ0v) is 17.7. The molecule has 0 aromatic heterocycles. The Hall–Kier alpha value is -3.04. The van der Waals surface area contributed by atoms with Crippen molar-refractivity contribution in [2.45, 2.75) is 25.7 Å². The lowest BCUT2D eigenvalue weighted by Gasteiger charge is -2.31. The summed E-state index contributed by atoms with van der Waals surface area (Å²) >= 11 is 0. The number of guanidine groups is 1. The van der Waals surface area contributed by atoms with Crippen molar-refractivity contribution >= 4 is 11.6 Å². The summed E-state index contributed by atoms with van der Waals surface area (Å²) in [6.07, 6.45) is 6.63. The first-order valence-electron chi connectivity index (χ1n) is 10.6. The van der Waals surface area contributed by atoms with E-state index >= 15 is 0 Å². The molecule has 2 aromatic carbocycles. The number of nitrogens with zero attached hydrogens (tertiary/aromatic N) is 3. The molecule has 0 aliphatic carbocycles. The van der Waals surface area contributed by atoms with Gasteiger partial charge in [0, 0.05) is 18.3 Å². The molecule has 6 heteroatoms. The van der Waals surface area contributed by atoms with Crippen LogP contribution in [-0.4, -0.2) is 44.1 Å². The lowest BCUT2D eigenvalue weighted by atomic mass is 9.90. The molecule has 0 saturated carbocycles. The molecule has 0 unspecified atom stereocenters. The van der Waals surface area contributed by atoms with Gasteiger partial charge in [0.15, 0.2) is 6.19 Å². The Morgan fingerprint density at radius 3 is 2.70 bits per heavy atom. The summed E-state index contributed by atoms with van der Waals surface area (Å²) in [5.74, 6) is 2.01. The summed E-state index contributed by atoms with van der Waals surface area (Å²) in [5, 5.41) is 14.8. The third-order valence-corrected chi connectivity index (χ3v) is 5.48. The van der Waals surface area contributed by atoms with Crippen LogP contribution >= 0.6 is 0 Å². The maximum absolute atomic E-state index is 8.99. The Balaban J connectivity index is 1.39. The van der Waals surface area contributed by atoms with Crippen LogP contribution in [0.1, 0.15) is 24.8 Å². The molecular formula is C24H31N5O. The number of piperidine rings is 1. The van der Waals surface area contributed by atoms with Crippen LogP contribution in [-0.2, 0) is 6.42 Å². The Morgan fingerprint density at radius 2 is 1.97 bits per heavy atom. The highest BCUT2D eigenvalue weighted by molar-refractivity contribution is 5.94. The van der Waals surface area contributed by atoms with Gasteiger partial charge in [-0.15, -0.1) is 0 Å². The molecule has 158 valence electrons. The topological polar surface area (TPSA) is 72.7 Å². The number of benzene rings is 2. The van der Waals surface area contributed by atoms with Crippen LogP contribution in [0, 0.1) is 17.4 Å². The minimum absolute atomic E-state index is 0.465. The van der Waals surface area contributed by atoms with Gasteiger partial charge in [-0.05, 0) is 68.9 Å². The fourth-order valence-corrected chi connectivity index (χ4v) is 3.85. The van der Waals surface area contributed by atoms with E-state index in [0.717, 1.165) is 43.4 Å². The summed E-state index contributed by atoms with van der Waals surface area (Å²) < 4.78 is 5.23. The molecular weight excluding hydrogens is 374 g/mol. The van der Waals surface area contributed by atoms with Gasteiger partial charge < -0.3 is 15.0 Å². The molecule has 2 aromatic rings. The van der Waals surface area contributed by atoms with Gasteiger partial charge in [0.2, 0.25) is 5.96 Å². The minimum Gasteiger partial charge on any atom is -0.497 e. The number of rotatable bonds is 8. The van der Waals surface area contributed by atoms with Gasteiger partial charge in [-0.25, -0.2) is 0 Å². The van der Waals surface area contributed by atoms with E-state index < -0.39 is 0 Å². The molecule has 0 bridgehead atoms. The van der Waals surface area contributed by atoms with Gasteiger partial charge in [-0.1, -0.05) is 36.4 Å². The Morgan fingerprint density at radius 1 is 1.17 bits per heavy atom. The molecule has 1 heterocycles. The fourth-order valence-electron chi connectivity index (χ4n) is 3.85. The molecule has 0 spiro atoms. The van der Waals surface area contributed by atoms with Crippen LogP contribution < -0.4 is 15.4 Å². The minimum atomic E-state index is 0.465. The van der Waals surface area contributed by atoms with Gasteiger partial charge >= 0.3 is 0 Å². The number of hydrogen-bond donors (Lipinski definition) is 2. The molecule has 0 radical (unpaired) electrons. The first-order chi connectivity index (χ1) is 14.8. The lowest BCUT2D eigenvalue weighted by molar-refractivity contribution is 0.183. The highest BCUT2D eigenvalue weighted by Crippen LogP contribution is 2.21. The monoisotopic (exact) mass is 405 g/mol. The van der Waals surface area contributed by atoms with Gasteiger partial charge in [-0.2, -0.15) is 5.26 Å². The van der Waals surface area contributed by atoms with E-state index in [1.54, 1.807) is 7.11 Å². The highest BCUT2D eigenvalue weighted by Gasteiger charge is 2.18. The normalized spacial score (nSPS) is 15.4. The number of likely N-dealkylation sites (tertiary alicyclic amines) is 1. The molecule has 6 nitrogen and oxygen atoms in total. The standard InChI is InChI=1S/C24H31N5O/c1-30-23-10-5-9-22(18-23)28-24(27-19-25)26-13-6-14-29-15-11-21(12-16-29)17-20-7-3-2-4-8-20/h2-5,7-10,18,21H,6,11-17H2,1H3,(H2,26,27,28). The molecule has 2 N–H and O–H groups in total. The van der Waals surface area contributed by atoms with Gasteiger partial charge in [0.05, 0.1) is 7.11 Å². The van der Waals surface area contributed by atoms with Crippen LogP contribution in [0.4, 0.5) is 5.69 Å². The number of aliphatic imine (C=N–C) groups is 1. The molecule has 1 fully saturated rings. The van der Waals surface area contributed by atoms with E-state index in [9.17, 15) is 0 Å². The number of nitrogens with one attached hydrogen (secondary N) is 2. The summed E-state index contributed by atoms with van der Waals surface area (Å²) in [6.45, 7) is 4.03. The number of anilines is 1. The number of methoxy groups -OCH3 is 1. The Bertz CT molecular complexity index is 838. The third kappa shape index (κ3) is 7.09. The zero-order chi connectivity index (χ0) is 21.0. The quantitative estimate of drug-likeness (QED) is 0.229. The second kappa shape index (κ2) is 11.8. The van der Waals surface area contributed by atoms with Gasteiger partial charge in [-0.3, -0.25) is 10.3 Å². The number of hydrogen-bond acceptors (Lipinski definition) is 4. The molecule has 1 aliphatic rings. The molecule has 1 saturated heterocycles.